The molecule has 23 heavy (non-hydrogen) atoms. The summed E-state index contributed by atoms with van der Waals surface area (Å²) in [5.41, 5.74) is 4.77. The molecule has 4 aromatic rings. The van der Waals surface area contributed by atoms with Crippen molar-refractivity contribution in [3.8, 4) is 5.75 Å². The van der Waals surface area contributed by atoms with Crippen molar-refractivity contribution >= 4 is 44.6 Å². The number of furan rings is 1. The molecule has 0 spiro atoms. The summed E-state index contributed by atoms with van der Waals surface area (Å²) < 4.78 is 11.4. The van der Waals surface area contributed by atoms with Crippen LogP contribution in [0.15, 0.2) is 34.7 Å². The van der Waals surface area contributed by atoms with Gasteiger partial charge in [-0.25, -0.2) is 0 Å². The summed E-state index contributed by atoms with van der Waals surface area (Å²) in [7, 11) is 1.65. The summed E-state index contributed by atoms with van der Waals surface area (Å²) in [6, 6.07) is 10.0. The highest BCUT2D eigenvalue weighted by atomic mass is 35.5. The molecule has 3 nitrogen and oxygen atoms in total. The van der Waals surface area contributed by atoms with Crippen LogP contribution >= 0.6 is 11.6 Å². The van der Waals surface area contributed by atoms with E-state index in [1.165, 1.54) is 5.56 Å². The average Bonchev–Trinajstić information content (AvgIpc) is 3.02. The summed E-state index contributed by atoms with van der Waals surface area (Å²) >= 11 is 6.50. The van der Waals surface area contributed by atoms with Gasteiger partial charge in [0.25, 0.3) is 0 Å². The van der Waals surface area contributed by atoms with Gasteiger partial charge in [0.2, 0.25) is 0 Å². The van der Waals surface area contributed by atoms with Gasteiger partial charge in [0.05, 0.1) is 23.2 Å². The maximum Gasteiger partial charge on any atom is 0.161 e. The highest BCUT2D eigenvalue weighted by molar-refractivity contribution is 6.36. The molecular weight excluding hydrogens is 310 g/mol. The molecular formula is C19H18ClNO2. The zero-order valence-electron chi connectivity index (χ0n) is 13.6. The van der Waals surface area contributed by atoms with Gasteiger partial charge in [0, 0.05) is 16.8 Å². The maximum atomic E-state index is 6.50. The maximum absolute atomic E-state index is 6.50. The molecule has 118 valence electrons. The average molecular weight is 328 g/mol. The van der Waals surface area contributed by atoms with Crippen LogP contribution in [0.25, 0.3) is 33.0 Å². The van der Waals surface area contributed by atoms with Gasteiger partial charge in [-0.3, -0.25) is 0 Å². The summed E-state index contributed by atoms with van der Waals surface area (Å²) in [6.07, 6.45) is 0. The molecule has 0 amide bonds. The summed E-state index contributed by atoms with van der Waals surface area (Å²) in [5, 5.41) is 2.78. The van der Waals surface area contributed by atoms with Gasteiger partial charge in [0.15, 0.2) is 5.58 Å². The second-order valence-corrected chi connectivity index (χ2v) is 7.33. The van der Waals surface area contributed by atoms with Crippen LogP contribution in [0.5, 0.6) is 5.75 Å². The molecule has 0 unspecified atom stereocenters. The second kappa shape index (κ2) is 4.68. The first-order valence-electron chi connectivity index (χ1n) is 7.60. The Hall–Kier alpha value is -2.13. The molecule has 0 aliphatic carbocycles. The Morgan fingerprint density at radius 3 is 2.52 bits per heavy atom. The molecule has 0 fully saturated rings. The van der Waals surface area contributed by atoms with Crippen molar-refractivity contribution in [2.45, 2.75) is 26.2 Å². The Morgan fingerprint density at radius 1 is 1.04 bits per heavy atom. The molecule has 0 saturated heterocycles. The number of nitrogens with one attached hydrogen (secondary N) is 1. The lowest BCUT2D eigenvalue weighted by atomic mass is 9.86. The van der Waals surface area contributed by atoms with Gasteiger partial charge in [-0.05, 0) is 35.2 Å². The highest BCUT2D eigenvalue weighted by Gasteiger charge is 2.20. The molecule has 2 heterocycles. The third-order valence-electron chi connectivity index (χ3n) is 4.35. The molecule has 4 heteroatoms. The third-order valence-corrected chi connectivity index (χ3v) is 4.65. The molecule has 2 aromatic heterocycles. The molecule has 0 aliphatic heterocycles. The van der Waals surface area contributed by atoms with Gasteiger partial charge in [-0.15, -0.1) is 0 Å². The molecule has 0 saturated carbocycles. The van der Waals surface area contributed by atoms with E-state index in [-0.39, 0.29) is 5.41 Å². The number of hydrogen-bond donors (Lipinski definition) is 1. The van der Waals surface area contributed by atoms with Crippen molar-refractivity contribution in [3.05, 3.63) is 40.9 Å². The number of methoxy groups -OCH3 is 1. The number of benzene rings is 2. The van der Waals surface area contributed by atoms with Crippen molar-refractivity contribution in [2.75, 3.05) is 7.11 Å². The van der Waals surface area contributed by atoms with Crippen LogP contribution < -0.4 is 4.74 Å². The third kappa shape index (κ3) is 2.11. The molecule has 0 bridgehead atoms. The minimum absolute atomic E-state index is 0.0245. The Balaban J connectivity index is 2.10. The first-order valence-corrected chi connectivity index (χ1v) is 7.98. The molecule has 0 atom stereocenters. The Bertz CT molecular complexity index is 1050. The first kappa shape index (κ1) is 14.5. The zero-order chi connectivity index (χ0) is 16.4. The fraction of sp³-hybridized carbons (Fsp3) is 0.263. The Morgan fingerprint density at radius 2 is 1.83 bits per heavy atom. The van der Waals surface area contributed by atoms with E-state index in [9.17, 15) is 0 Å². The van der Waals surface area contributed by atoms with Crippen LogP contribution in [0.2, 0.25) is 5.02 Å². The SMILES string of the molecule is COc1ccc2c(c1)oc1c3cc(C(C)(C)C)cc(Cl)c3[nH]c21. The zero-order valence-corrected chi connectivity index (χ0v) is 14.3. The molecule has 2 aromatic carbocycles. The van der Waals surface area contributed by atoms with Crippen LogP contribution in [0, 0.1) is 0 Å². The van der Waals surface area contributed by atoms with Gasteiger partial charge in [-0.2, -0.15) is 0 Å². The summed E-state index contributed by atoms with van der Waals surface area (Å²) in [4.78, 5) is 3.42. The predicted molar refractivity (Wildman–Crippen MR) is 95.8 cm³/mol. The largest absolute Gasteiger partial charge is 0.497 e. The fourth-order valence-corrected chi connectivity index (χ4v) is 3.26. The number of halogens is 1. The monoisotopic (exact) mass is 327 g/mol. The minimum atomic E-state index is 0.0245. The van der Waals surface area contributed by atoms with E-state index in [0.29, 0.717) is 0 Å². The second-order valence-electron chi connectivity index (χ2n) is 6.92. The molecule has 1 N–H and O–H groups in total. The number of H-pyrrole nitrogens is 1. The van der Waals surface area contributed by atoms with Crippen molar-refractivity contribution in [1.82, 2.24) is 4.98 Å². The van der Waals surface area contributed by atoms with Crippen LogP contribution in [-0.4, -0.2) is 12.1 Å². The Labute approximate surface area is 139 Å². The quantitative estimate of drug-likeness (QED) is 0.463. The van der Waals surface area contributed by atoms with Gasteiger partial charge in [0.1, 0.15) is 11.3 Å². The van der Waals surface area contributed by atoms with E-state index in [0.717, 1.165) is 43.7 Å². The van der Waals surface area contributed by atoms with Crippen molar-refractivity contribution < 1.29 is 9.15 Å². The standard InChI is InChI=1S/C19H18ClNO2/c1-19(2,3)10-7-13-16(14(20)8-10)21-17-12-6-5-11(22-4)9-15(12)23-18(13)17/h5-9,21H,1-4H3. The van der Waals surface area contributed by atoms with Crippen molar-refractivity contribution in [2.24, 2.45) is 0 Å². The lowest BCUT2D eigenvalue weighted by molar-refractivity contribution is 0.414. The lowest BCUT2D eigenvalue weighted by Crippen LogP contribution is -2.10. The van der Waals surface area contributed by atoms with E-state index < -0.39 is 0 Å². The normalized spacial score (nSPS) is 12.6. The van der Waals surface area contributed by atoms with E-state index in [4.69, 9.17) is 20.8 Å². The van der Waals surface area contributed by atoms with Crippen molar-refractivity contribution in [3.63, 3.8) is 0 Å². The summed E-state index contributed by atoms with van der Waals surface area (Å²) in [6.45, 7) is 6.54. The van der Waals surface area contributed by atoms with E-state index in [1.54, 1.807) is 7.11 Å². The number of ether oxygens (including phenoxy) is 1. The number of fused-ring (bicyclic) bond motifs is 5. The Kier molecular flexibility index (Phi) is 2.94. The number of aromatic nitrogens is 1. The lowest BCUT2D eigenvalue weighted by Gasteiger charge is -2.19. The van der Waals surface area contributed by atoms with Gasteiger partial charge >= 0.3 is 0 Å². The van der Waals surface area contributed by atoms with E-state index >= 15 is 0 Å². The van der Waals surface area contributed by atoms with E-state index in [2.05, 4.69) is 31.8 Å². The van der Waals surface area contributed by atoms with Gasteiger partial charge in [-0.1, -0.05) is 32.4 Å². The summed E-state index contributed by atoms with van der Waals surface area (Å²) in [5.74, 6) is 0.784. The van der Waals surface area contributed by atoms with Crippen LogP contribution in [0.1, 0.15) is 26.3 Å². The van der Waals surface area contributed by atoms with Crippen LogP contribution in [0.4, 0.5) is 0 Å². The number of hydrogen-bond acceptors (Lipinski definition) is 2. The van der Waals surface area contributed by atoms with Gasteiger partial charge < -0.3 is 14.1 Å². The fourth-order valence-electron chi connectivity index (χ4n) is 2.99. The smallest absolute Gasteiger partial charge is 0.161 e. The first-order chi connectivity index (χ1) is 10.9. The molecule has 0 radical (unpaired) electrons. The topological polar surface area (TPSA) is 38.2 Å². The predicted octanol–water partition coefficient (Wildman–Crippen LogP) is 6.03. The highest BCUT2D eigenvalue weighted by Crippen LogP contribution is 2.39. The van der Waals surface area contributed by atoms with E-state index in [1.807, 2.05) is 24.3 Å². The molecule has 0 aliphatic rings. The number of aromatic amines is 1. The number of rotatable bonds is 1. The van der Waals surface area contributed by atoms with Crippen LogP contribution in [0.3, 0.4) is 0 Å². The minimum Gasteiger partial charge on any atom is -0.497 e. The molecule has 4 rings (SSSR count). The van der Waals surface area contributed by atoms with Crippen LogP contribution in [-0.2, 0) is 5.41 Å². The van der Waals surface area contributed by atoms with Crippen molar-refractivity contribution in [1.29, 1.82) is 0 Å².